The third kappa shape index (κ3) is 1.44. The van der Waals surface area contributed by atoms with Crippen LogP contribution in [0.1, 0.15) is 12.8 Å². The number of hydrogen-bond acceptors (Lipinski definition) is 2. The number of piperidine rings is 1. The molecule has 1 amide bonds. The molecule has 1 saturated carbocycles. The van der Waals surface area contributed by atoms with Crippen LogP contribution in [0.3, 0.4) is 0 Å². The van der Waals surface area contributed by atoms with Crippen LogP contribution >= 0.6 is 0 Å². The summed E-state index contributed by atoms with van der Waals surface area (Å²) in [5.74, 6) is 1.48. The zero-order valence-corrected chi connectivity index (χ0v) is 8.90. The molecule has 0 aromatic rings. The van der Waals surface area contributed by atoms with E-state index in [1.807, 2.05) is 0 Å². The van der Waals surface area contributed by atoms with E-state index in [-0.39, 0.29) is 12.0 Å². The number of carbonyl (C=O) groups is 1. The third-order valence-corrected chi connectivity index (χ3v) is 3.62. The van der Waals surface area contributed by atoms with Crippen molar-refractivity contribution in [2.45, 2.75) is 31.4 Å². The number of methoxy groups -OCH3 is 1. The average Bonchev–Trinajstić information content (AvgIpc) is 2.84. The Morgan fingerprint density at radius 2 is 2.25 bits per heavy atom. The molecule has 0 spiro atoms. The SMILES string of the molecule is C#C[C@H]1[C@H]2C[C@H](C[C@@H]2C(F)F)N1C(=O)OC. The smallest absolute Gasteiger partial charge is 0.410 e. The van der Waals surface area contributed by atoms with E-state index in [2.05, 4.69) is 10.7 Å². The van der Waals surface area contributed by atoms with Gasteiger partial charge in [-0.3, -0.25) is 4.90 Å². The molecule has 1 aliphatic heterocycles. The molecule has 2 bridgehead atoms. The van der Waals surface area contributed by atoms with Crippen LogP contribution in [0.25, 0.3) is 0 Å². The summed E-state index contributed by atoms with van der Waals surface area (Å²) >= 11 is 0. The van der Waals surface area contributed by atoms with E-state index < -0.39 is 24.5 Å². The molecule has 5 heteroatoms. The molecule has 16 heavy (non-hydrogen) atoms. The largest absolute Gasteiger partial charge is 0.453 e. The first-order valence-electron chi connectivity index (χ1n) is 5.20. The van der Waals surface area contributed by atoms with Crippen LogP contribution in [0.4, 0.5) is 13.6 Å². The standard InChI is InChI=1S/C11H13F2NO2/c1-3-9-7-4-6(5-8(7)10(12)13)14(9)11(15)16-2/h1,6-10H,4-5H2,2H3/t6-,7+,8+,9+/m1/s1. The average molecular weight is 229 g/mol. The molecule has 0 aromatic heterocycles. The van der Waals surface area contributed by atoms with Crippen LogP contribution in [0.2, 0.25) is 0 Å². The van der Waals surface area contributed by atoms with Crippen molar-refractivity contribution in [3.8, 4) is 12.3 Å². The summed E-state index contributed by atoms with van der Waals surface area (Å²) in [5, 5.41) is 0. The number of fused-ring (bicyclic) bond motifs is 2. The molecule has 0 N–H and O–H groups in total. The molecule has 88 valence electrons. The van der Waals surface area contributed by atoms with E-state index >= 15 is 0 Å². The summed E-state index contributed by atoms with van der Waals surface area (Å²) in [7, 11) is 1.27. The van der Waals surface area contributed by atoms with E-state index in [1.54, 1.807) is 0 Å². The molecule has 2 aliphatic rings. The van der Waals surface area contributed by atoms with Crippen molar-refractivity contribution >= 4 is 6.09 Å². The first-order valence-corrected chi connectivity index (χ1v) is 5.20. The van der Waals surface area contributed by atoms with Crippen molar-refractivity contribution in [1.82, 2.24) is 4.90 Å². The number of ether oxygens (including phenoxy) is 1. The fourth-order valence-corrected chi connectivity index (χ4v) is 2.96. The lowest BCUT2D eigenvalue weighted by atomic mass is 9.88. The van der Waals surface area contributed by atoms with Gasteiger partial charge in [-0.25, -0.2) is 13.6 Å². The normalized spacial score (nSPS) is 36.6. The van der Waals surface area contributed by atoms with Crippen molar-refractivity contribution in [3.05, 3.63) is 0 Å². The first kappa shape index (κ1) is 11.2. The van der Waals surface area contributed by atoms with Gasteiger partial charge in [0.25, 0.3) is 0 Å². The molecule has 4 atom stereocenters. The maximum absolute atomic E-state index is 12.7. The molecule has 1 aliphatic carbocycles. The van der Waals surface area contributed by atoms with Crippen molar-refractivity contribution < 1.29 is 18.3 Å². The van der Waals surface area contributed by atoms with Gasteiger partial charge in [-0.2, -0.15) is 0 Å². The highest BCUT2D eigenvalue weighted by atomic mass is 19.3. The Morgan fingerprint density at radius 1 is 1.56 bits per heavy atom. The summed E-state index contributed by atoms with van der Waals surface area (Å²) in [6.45, 7) is 0. The molecular weight excluding hydrogens is 216 g/mol. The maximum Gasteiger partial charge on any atom is 0.410 e. The van der Waals surface area contributed by atoms with Crippen molar-refractivity contribution in [1.29, 1.82) is 0 Å². The molecule has 1 saturated heterocycles. The summed E-state index contributed by atoms with van der Waals surface area (Å²) in [6.07, 6.45) is 3.35. The molecule has 1 heterocycles. The molecule has 0 unspecified atom stereocenters. The van der Waals surface area contributed by atoms with Gasteiger partial charge < -0.3 is 4.74 Å². The Kier molecular flexibility index (Phi) is 2.75. The van der Waals surface area contributed by atoms with Gasteiger partial charge in [0.1, 0.15) is 0 Å². The Balaban J connectivity index is 2.19. The number of amides is 1. The van der Waals surface area contributed by atoms with Gasteiger partial charge in [0, 0.05) is 17.9 Å². The lowest BCUT2D eigenvalue weighted by Crippen LogP contribution is -2.47. The van der Waals surface area contributed by atoms with Gasteiger partial charge in [0.2, 0.25) is 6.43 Å². The Hall–Kier alpha value is -1.31. The minimum absolute atomic E-state index is 0.183. The Bertz CT molecular complexity index is 339. The maximum atomic E-state index is 12.7. The van der Waals surface area contributed by atoms with Gasteiger partial charge in [0.05, 0.1) is 13.2 Å². The summed E-state index contributed by atoms with van der Waals surface area (Å²) in [5.41, 5.74) is 0. The topological polar surface area (TPSA) is 29.5 Å². The second kappa shape index (κ2) is 3.93. The monoisotopic (exact) mass is 229 g/mol. The van der Waals surface area contributed by atoms with Crippen LogP contribution < -0.4 is 0 Å². The number of hydrogen-bond donors (Lipinski definition) is 0. The summed E-state index contributed by atoms with van der Waals surface area (Å²) in [6, 6.07) is -0.720. The lowest BCUT2D eigenvalue weighted by Gasteiger charge is -2.34. The minimum atomic E-state index is -2.36. The molecular formula is C11H13F2NO2. The van der Waals surface area contributed by atoms with E-state index in [0.29, 0.717) is 12.8 Å². The van der Waals surface area contributed by atoms with E-state index in [0.717, 1.165) is 0 Å². The highest BCUT2D eigenvalue weighted by Crippen LogP contribution is 2.48. The van der Waals surface area contributed by atoms with Crippen LogP contribution in [-0.2, 0) is 4.74 Å². The first-order chi connectivity index (χ1) is 7.60. The predicted octanol–water partition coefficient (Wildman–Crippen LogP) is 1.73. The number of carbonyl (C=O) groups excluding carboxylic acids is 1. The minimum Gasteiger partial charge on any atom is -0.453 e. The van der Waals surface area contributed by atoms with E-state index in [4.69, 9.17) is 6.42 Å². The van der Waals surface area contributed by atoms with Gasteiger partial charge in [-0.1, -0.05) is 5.92 Å². The Labute approximate surface area is 92.7 Å². The van der Waals surface area contributed by atoms with Crippen molar-refractivity contribution in [2.75, 3.05) is 7.11 Å². The number of alkyl halides is 2. The van der Waals surface area contributed by atoms with Crippen LogP contribution in [0.5, 0.6) is 0 Å². The zero-order chi connectivity index (χ0) is 11.9. The van der Waals surface area contributed by atoms with Crippen LogP contribution in [0.15, 0.2) is 0 Å². The van der Waals surface area contributed by atoms with Gasteiger partial charge in [-0.05, 0) is 12.8 Å². The molecule has 0 aromatic carbocycles. The number of halogens is 2. The fourth-order valence-electron chi connectivity index (χ4n) is 2.96. The molecule has 2 fully saturated rings. The van der Waals surface area contributed by atoms with E-state index in [9.17, 15) is 13.6 Å². The van der Waals surface area contributed by atoms with Gasteiger partial charge in [-0.15, -0.1) is 6.42 Å². The fraction of sp³-hybridized carbons (Fsp3) is 0.727. The predicted molar refractivity (Wildman–Crippen MR) is 52.9 cm³/mol. The molecule has 3 nitrogen and oxygen atoms in total. The van der Waals surface area contributed by atoms with Crippen molar-refractivity contribution in [3.63, 3.8) is 0 Å². The van der Waals surface area contributed by atoms with Crippen molar-refractivity contribution in [2.24, 2.45) is 11.8 Å². The highest BCUT2D eigenvalue weighted by Gasteiger charge is 2.55. The quantitative estimate of drug-likeness (QED) is 0.641. The number of rotatable bonds is 1. The summed E-state index contributed by atoms with van der Waals surface area (Å²) in [4.78, 5) is 12.9. The number of terminal acetylenes is 1. The number of nitrogens with zero attached hydrogens (tertiary/aromatic N) is 1. The molecule has 0 radical (unpaired) electrons. The third-order valence-electron chi connectivity index (χ3n) is 3.62. The zero-order valence-electron chi connectivity index (χ0n) is 8.90. The highest BCUT2D eigenvalue weighted by molar-refractivity contribution is 5.70. The van der Waals surface area contributed by atoms with Gasteiger partial charge >= 0.3 is 6.09 Å². The number of likely N-dealkylation sites (tertiary alicyclic amines) is 1. The van der Waals surface area contributed by atoms with Crippen LogP contribution in [0, 0.1) is 24.2 Å². The summed E-state index contributed by atoms with van der Waals surface area (Å²) < 4.78 is 30.0. The Morgan fingerprint density at radius 3 is 2.75 bits per heavy atom. The second-order valence-corrected chi connectivity index (χ2v) is 4.28. The van der Waals surface area contributed by atoms with E-state index in [1.165, 1.54) is 12.0 Å². The van der Waals surface area contributed by atoms with Gasteiger partial charge in [0.15, 0.2) is 0 Å². The second-order valence-electron chi connectivity index (χ2n) is 4.28. The molecule has 2 rings (SSSR count). The lowest BCUT2D eigenvalue weighted by molar-refractivity contribution is 0.0154. The van der Waals surface area contributed by atoms with Crippen LogP contribution in [-0.4, -0.2) is 36.6 Å².